The Kier molecular flexibility index (Phi) is 37.5. The highest BCUT2D eigenvalue weighted by Crippen LogP contribution is 2.19. The molecule has 0 heterocycles. The van der Waals surface area contributed by atoms with Crippen LogP contribution in [0.25, 0.3) is 0 Å². The number of esters is 1. The molecule has 4 nitrogen and oxygen atoms in total. The highest BCUT2D eigenvalue weighted by molar-refractivity contribution is 5.69. The van der Waals surface area contributed by atoms with Crippen molar-refractivity contribution in [3.8, 4) is 0 Å². The summed E-state index contributed by atoms with van der Waals surface area (Å²) in [5.74, 6) is -0.686. The zero-order valence-electron chi connectivity index (χ0n) is 31.4. The predicted octanol–water partition coefficient (Wildman–Crippen LogP) is 14.5. The van der Waals surface area contributed by atoms with E-state index in [0.717, 1.165) is 64.2 Å². The molecular formula is C42H82O4. The molecule has 0 aliphatic heterocycles. The van der Waals surface area contributed by atoms with E-state index in [-0.39, 0.29) is 18.5 Å². The number of carboxylic acids is 1. The van der Waals surface area contributed by atoms with Crippen molar-refractivity contribution in [3.05, 3.63) is 0 Å². The molecular weight excluding hydrogens is 568 g/mol. The minimum absolute atomic E-state index is 0.00929. The molecule has 0 amide bonds. The van der Waals surface area contributed by atoms with Gasteiger partial charge in [-0.05, 0) is 38.5 Å². The Bertz CT molecular complexity index is 619. The quantitative estimate of drug-likeness (QED) is 0.0531. The van der Waals surface area contributed by atoms with Gasteiger partial charge in [0.25, 0.3) is 0 Å². The molecule has 4 heteroatoms. The van der Waals surface area contributed by atoms with Crippen molar-refractivity contribution in [2.45, 2.75) is 258 Å². The minimum atomic E-state index is -0.695. The van der Waals surface area contributed by atoms with Crippen LogP contribution in [-0.4, -0.2) is 23.1 Å². The minimum Gasteiger partial charge on any atom is -0.481 e. The lowest BCUT2D eigenvalue weighted by Crippen LogP contribution is -2.18. The second-order valence-electron chi connectivity index (χ2n) is 14.5. The molecule has 1 N–H and O–H groups in total. The Labute approximate surface area is 288 Å². The van der Waals surface area contributed by atoms with Crippen LogP contribution in [0.15, 0.2) is 0 Å². The summed E-state index contributed by atoms with van der Waals surface area (Å²) in [6.07, 6.45) is 45.6. The molecule has 0 fully saturated rings. The summed E-state index contributed by atoms with van der Waals surface area (Å²) < 4.78 is 6.02. The van der Waals surface area contributed by atoms with Crippen LogP contribution in [0.4, 0.5) is 0 Å². The normalized spacial score (nSPS) is 12.0. The van der Waals surface area contributed by atoms with Crippen molar-refractivity contribution < 1.29 is 19.4 Å². The molecule has 0 spiro atoms. The maximum Gasteiger partial charge on any atom is 0.306 e. The van der Waals surface area contributed by atoms with E-state index in [1.807, 2.05) is 0 Å². The number of carbonyl (C=O) groups is 2. The van der Waals surface area contributed by atoms with Crippen LogP contribution in [-0.2, 0) is 14.3 Å². The Morgan fingerprint density at radius 2 is 0.652 bits per heavy atom. The fourth-order valence-electron chi connectivity index (χ4n) is 6.72. The third kappa shape index (κ3) is 37.4. The third-order valence-electron chi connectivity index (χ3n) is 9.83. The van der Waals surface area contributed by atoms with Crippen LogP contribution in [0, 0.1) is 0 Å². The van der Waals surface area contributed by atoms with Crippen LogP contribution in [0.2, 0.25) is 0 Å². The number of carboxylic acid groups (broad SMARTS) is 1. The van der Waals surface area contributed by atoms with Gasteiger partial charge in [-0.1, -0.05) is 200 Å². The summed E-state index contributed by atoms with van der Waals surface area (Å²) in [6, 6.07) is 0. The van der Waals surface area contributed by atoms with Gasteiger partial charge >= 0.3 is 11.9 Å². The molecule has 46 heavy (non-hydrogen) atoms. The van der Waals surface area contributed by atoms with Gasteiger partial charge in [-0.2, -0.15) is 0 Å². The lowest BCUT2D eigenvalue weighted by Gasteiger charge is -2.18. The predicted molar refractivity (Wildman–Crippen MR) is 200 cm³/mol. The fraction of sp³-hybridized carbons (Fsp3) is 0.952. The second-order valence-corrected chi connectivity index (χ2v) is 14.5. The van der Waals surface area contributed by atoms with Crippen LogP contribution in [0.1, 0.15) is 251 Å². The molecule has 1 unspecified atom stereocenters. The SMILES string of the molecule is CCCCCCCCCCCCCCCCCCC(CCCCCCCC(=O)O)OC(=O)CCCCCCCCCCCCCC. The second kappa shape index (κ2) is 38.4. The molecule has 0 saturated heterocycles. The Hall–Kier alpha value is -1.06. The van der Waals surface area contributed by atoms with Crippen LogP contribution in [0.5, 0.6) is 0 Å². The van der Waals surface area contributed by atoms with Crippen LogP contribution >= 0.6 is 0 Å². The largest absolute Gasteiger partial charge is 0.481 e. The highest BCUT2D eigenvalue weighted by atomic mass is 16.5. The first-order valence-electron chi connectivity index (χ1n) is 21.0. The molecule has 0 aromatic heterocycles. The van der Waals surface area contributed by atoms with E-state index in [4.69, 9.17) is 9.84 Å². The van der Waals surface area contributed by atoms with E-state index in [9.17, 15) is 9.59 Å². The molecule has 0 rings (SSSR count). The van der Waals surface area contributed by atoms with Gasteiger partial charge in [-0.15, -0.1) is 0 Å². The standard InChI is InChI=1S/C42H82O4/c1-3-5-7-9-11-13-15-17-18-19-20-21-23-25-28-32-36-40(37-33-29-27-30-34-38-41(43)44)46-42(45)39-35-31-26-24-22-16-14-12-10-8-6-4-2/h40H,3-39H2,1-2H3,(H,43,44). The summed E-state index contributed by atoms with van der Waals surface area (Å²) in [5.41, 5.74) is 0. The van der Waals surface area contributed by atoms with Gasteiger partial charge in [-0.25, -0.2) is 0 Å². The Balaban J connectivity index is 3.97. The van der Waals surface area contributed by atoms with Crippen LogP contribution in [0.3, 0.4) is 0 Å². The van der Waals surface area contributed by atoms with Crippen molar-refractivity contribution in [1.29, 1.82) is 0 Å². The smallest absolute Gasteiger partial charge is 0.306 e. The van der Waals surface area contributed by atoms with Crippen molar-refractivity contribution in [1.82, 2.24) is 0 Å². The van der Waals surface area contributed by atoms with Gasteiger partial charge in [0.05, 0.1) is 0 Å². The van der Waals surface area contributed by atoms with Gasteiger partial charge in [0.2, 0.25) is 0 Å². The molecule has 0 radical (unpaired) electrons. The Morgan fingerprint density at radius 3 is 0.957 bits per heavy atom. The fourth-order valence-corrected chi connectivity index (χ4v) is 6.72. The van der Waals surface area contributed by atoms with E-state index in [0.29, 0.717) is 6.42 Å². The van der Waals surface area contributed by atoms with Gasteiger partial charge in [0, 0.05) is 12.8 Å². The number of aliphatic carboxylic acids is 1. The average Bonchev–Trinajstić information content (AvgIpc) is 3.04. The molecule has 0 aliphatic carbocycles. The van der Waals surface area contributed by atoms with E-state index >= 15 is 0 Å². The zero-order valence-corrected chi connectivity index (χ0v) is 31.4. The average molecular weight is 651 g/mol. The van der Waals surface area contributed by atoms with Crippen molar-refractivity contribution in [2.24, 2.45) is 0 Å². The molecule has 274 valence electrons. The third-order valence-corrected chi connectivity index (χ3v) is 9.83. The maximum atomic E-state index is 12.7. The van der Waals surface area contributed by atoms with Gasteiger partial charge in [-0.3, -0.25) is 9.59 Å². The summed E-state index contributed by atoms with van der Waals surface area (Å²) in [6.45, 7) is 4.56. The maximum absolute atomic E-state index is 12.7. The number of hydrogen-bond donors (Lipinski definition) is 1. The molecule has 0 aromatic carbocycles. The monoisotopic (exact) mass is 651 g/mol. The van der Waals surface area contributed by atoms with Crippen molar-refractivity contribution in [2.75, 3.05) is 0 Å². The number of hydrogen-bond acceptors (Lipinski definition) is 3. The molecule has 0 aromatic rings. The summed E-state index contributed by atoms with van der Waals surface area (Å²) >= 11 is 0. The Morgan fingerprint density at radius 1 is 0.391 bits per heavy atom. The van der Waals surface area contributed by atoms with Crippen molar-refractivity contribution >= 4 is 11.9 Å². The summed E-state index contributed by atoms with van der Waals surface area (Å²) in [7, 11) is 0. The first-order chi connectivity index (χ1) is 22.6. The van der Waals surface area contributed by atoms with Gasteiger partial charge in [0.15, 0.2) is 0 Å². The topological polar surface area (TPSA) is 63.6 Å². The first-order valence-corrected chi connectivity index (χ1v) is 21.0. The molecule has 1 atom stereocenters. The number of ether oxygens (including phenoxy) is 1. The van der Waals surface area contributed by atoms with E-state index in [2.05, 4.69) is 13.8 Å². The van der Waals surface area contributed by atoms with Crippen molar-refractivity contribution in [3.63, 3.8) is 0 Å². The van der Waals surface area contributed by atoms with Crippen LogP contribution < -0.4 is 0 Å². The van der Waals surface area contributed by atoms with E-state index in [1.54, 1.807) is 0 Å². The number of rotatable bonds is 39. The lowest BCUT2D eigenvalue weighted by molar-refractivity contribution is -0.150. The highest BCUT2D eigenvalue weighted by Gasteiger charge is 2.14. The van der Waals surface area contributed by atoms with Gasteiger partial charge in [0.1, 0.15) is 6.10 Å². The van der Waals surface area contributed by atoms with Gasteiger partial charge < -0.3 is 9.84 Å². The molecule has 0 bridgehead atoms. The first kappa shape index (κ1) is 44.9. The lowest BCUT2D eigenvalue weighted by atomic mass is 10.0. The molecule has 0 saturated carbocycles. The zero-order chi connectivity index (χ0) is 33.6. The number of unbranched alkanes of at least 4 members (excludes halogenated alkanes) is 30. The summed E-state index contributed by atoms with van der Waals surface area (Å²) in [5, 5.41) is 8.83. The molecule has 0 aliphatic rings. The van der Waals surface area contributed by atoms with E-state index in [1.165, 1.54) is 161 Å². The number of carbonyl (C=O) groups excluding carboxylic acids is 1. The summed E-state index contributed by atoms with van der Waals surface area (Å²) in [4.78, 5) is 23.4. The van der Waals surface area contributed by atoms with E-state index < -0.39 is 5.97 Å².